The van der Waals surface area contributed by atoms with Crippen LogP contribution in [-0.2, 0) is 4.74 Å². The molecular formula is C12H19NO. The highest BCUT2D eigenvalue weighted by Gasteiger charge is 2.19. The molecule has 0 aromatic heterocycles. The molecule has 0 heterocycles. The fourth-order valence-corrected chi connectivity index (χ4v) is 1.73. The van der Waals surface area contributed by atoms with Gasteiger partial charge in [-0.1, -0.05) is 26.0 Å². The zero-order chi connectivity index (χ0) is 10.4. The van der Waals surface area contributed by atoms with Gasteiger partial charge in [0.25, 0.3) is 0 Å². The molecule has 0 fully saturated rings. The summed E-state index contributed by atoms with van der Waals surface area (Å²) in [4.78, 5) is 0. The fourth-order valence-electron chi connectivity index (χ4n) is 1.73. The summed E-state index contributed by atoms with van der Waals surface area (Å²) in [6, 6.07) is 2.17. The van der Waals surface area contributed by atoms with E-state index in [1.807, 2.05) is 6.92 Å². The van der Waals surface area contributed by atoms with Crippen molar-refractivity contribution in [3.8, 4) is 6.07 Å². The Balaban J connectivity index is 2.30. The van der Waals surface area contributed by atoms with E-state index in [4.69, 9.17) is 10.00 Å². The molecular weight excluding hydrogens is 174 g/mol. The number of allylic oxidation sites excluding steroid dienone is 2. The van der Waals surface area contributed by atoms with Gasteiger partial charge in [0.15, 0.2) is 0 Å². The zero-order valence-corrected chi connectivity index (χ0v) is 9.07. The van der Waals surface area contributed by atoms with Crippen molar-refractivity contribution < 1.29 is 4.74 Å². The van der Waals surface area contributed by atoms with Crippen molar-refractivity contribution in [1.82, 2.24) is 0 Å². The first-order valence-corrected chi connectivity index (χ1v) is 5.44. The average Bonchev–Trinajstić information content (AvgIpc) is 2.22. The Bertz CT molecular complexity index is 229. The fraction of sp³-hybridized carbons (Fsp3) is 0.750. The Morgan fingerprint density at radius 1 is 1.50 bits per heavy atom. The molecule has 0 amide bonds. The van der Waals surface area contributed by atoms with Gasteiger partial charge in [-0.05, 0) is 31.1 Å². The molecule has 1 rings (SSSR count). The average molecular weight is 193 g/mol. The van der Waals surface area contributed by atoms with Crippen molar-refractivity contribution in [2.24, 2.45) is 11.8 Å². The molecule has 2 nitrogen and oxygen atoms in total. The highest BCUT2D eigenvalue weighted by molar-refractivity contribution is 4.93. The molecule has 0 bridgehead atoms. The quantitative estimate of drug-likeness (QED) is 0.643. The van der Waals surface area contributed by atoms with Crippen molar-refractivity contribution in [2.75, 3.05) is 6.61 Å². The number of hydrogen-bond donors (Lipinski definition) is 0. The molecule has 1 aliphatic rings. The SMILES string of the molecule is CCC(C#N)OCC1CC=CCC1C. The highest BCUT2D eigenvalue weighted by atomic mass is 16.5. The molecule has 0 saturated heterocycles. The van der Waals surface area contributed by atoms with Gasteiger partial charge in [0, 0.05) is 0 Å². The first-order valence-electron chi connectivity index (χ1n) is 5.44. The monoisotopic (exact) mass is 193 g/mol. The van der Waals surface area contributed by atoms with Crippen molar-refractivity contribution in [3.05, 3.63) is 12.2 Å². The van der Waals surface area contributed by atoms with Crippen LogP contribution in [0.1, 0.15) is 33.1 Å². The van der Waals surface area contributed by atoms with Crippen molar-refractivity contribution >= 4 is 0 Å². The molecule has 0 spiro atoms. The van der Waals surface area contributed by atoms with Crippen LogP contribution in [0, 0.1) is 23.2 Å². The summed E-state index contributed by atoms with van der Waals surface area (Å²) in [5.74, 6) is 1.29. The number of rotatable bonds is 4. The van der Waals surface area contributed by atoms with Crippen LogP contribution in [0.3, 0.4) is 0 Å². The normalized spacial score (nSPS) is 28.4. The third-order valence-electron chi connectivity index (χ3n) is 2.94. The van der Waals surface area contributed by atoms with E-state index in [9.17, 15) is 0 Å². The predicted molar refractivity (Wildman–Crippen MR) is 56.7 cm³/mol. The van der Waals surface area contributed by atoms with Gasteiger partial charge in [0.1, 0.15) is 6.10 Å². The first-order chi connectivity index (χ1) is 6.77. The van der Waals surface area contributed by atoms with Gasteiger partial charge in [-0.2, -0.15) is 5.26 Å². The molecule has 0 aliphatic heterocycles. The Morgan fingerprint density at radius 3 is 2.79 bits per heavy atom. The van der Waals surface area contributed by atoms with E-state index >= 15 is 0 Å². The smallest absolute Gasteiger partial charge is 0.143 e. The van der Waals surface area contributed by atoms with Gasteiger partial charge in [0.2, 0.25) is 0 Å². The molecule has 0 N–H and O–H groups in total. The summed E-state index contributed by atoms with van der Waals surface area (Å²) in [7, 11) is 0. The van der Waals surface area contributed by atoms with Crippen LogP contribution in [0.25, 0.3) is 0 Å². The molecule has 0 aromatic carbocycles. The van der Waals surface area contributed by atoms with E-state index in [0.29, 0.717) is 11.8 Å². The maximum absolute atomic E-state index is 8.73. The van der Waals surface area contributed by atoms with Gasteiger partial charge in [-0.3, -0.25) is 0 Å². The minimum absolute atomic E-state index is 0.215. The third-order valence-corrected chi connectivity index (χ3v) is 2.94. The summed E-state index contributed by atoms with van der Waals surface area (Å²) >= 11 is 0. The lowest BCUT2D eigenvalue weighted by atomic mass is 9.85. The topological polar surface area (TPSA) is 33.0 Å². The standard InChI is InChI=1S/C12H19NO/c1-3-12(8-13)14-9-11-7-5-4-6-10(11)2/h4-5,10-12H,3,6-7,9H2,1-2H3. The summed E-state index contributed by atoms with van der Waals surface area (Å²) < 4.78 is 5.56. The lowest BCUT2D eigenvalue weighted by Gasteiger charge is -2.25. The summed E-state index contributed by atoms with van der Waals surface area (Å²) in [6.07, 6.45) is 7.28. The third kappa shape index (κ3) is 3.16. The Hall–Kier alpha value is -0.810. The molecule has 0 radical (unpaired) electrons. The lowest BCUT2D eigenvalue weighted by Crippen LogP contribution is -2.22. The minimum atomic E-state index is -0.215. The highest BCUT2D eigenvalue weighted by Crippen LogP contribution is 2.25. The molecule has 1 aliphatic carbocycles. The van der Waals surface area contributed by atoms with Crippen molar-refractivity contribution in [1.29, 1.82) is 5.26 Å². The van der Waals surface area contributed by atoms with Crippen LogP contribution in [0.15, 0.2) is 12.2 Å². The second-order valence-electron chi connectivity index (χ2n) is 4.04. The van der Waals surface area contributed by atoms with E-state index in [-0.39, 0.29) is 6.10 Å². The van der Waals surface area contributed by atoms with Crippen LogP contribution in [0.4, 0.5) is 0 Å². The second-order valence-corrected chi connectivity index (χ2v) is 4.04. The number of nitriles is 1. The van der Waals surface area contributed by atoms with Crippen LogP contribution in [0.2, 0.25) is 0 Å². The molecule has 3 atom stereocenters. The van der Waals surface area contributed by atoms with E-state index in [0.717, 1.165) is 25.9 Å². The molecule has 3 unspecified atom stereocenters. The van der Waals surface area contributed by atoms with Gasteiger partial charge < -0.3 is 4.74 Å². The number of nitrogens with zero attached hydrogens (tertiary/aromatic N) is 1. The largest absolute Gasteiger partial charge is 0.363 e. The van der Waals surface area contributed by atoms with Crippen LogP contribution < -0.4 is 0 Å². The molecule has 78 valence electrons. The predicted octanol–water partition coefficient (Wildman–Crippen LogP) is 2.91. The Labute approximate surface area is 86.6 Å². The maximum Gasteiger partial charge on any atom is 0.143 e. The second kappa shape index (κ2) is 5.82. The van der Waals surface area contributed by atoms with E-state index in [1.54, 1.807) is 0 Å². The maximum atomic E-state index is 8.73. The Kier molecular flexibility index (Phi) is 4.69. The molecule has 14 heavy (non-hydrogen) atoms. The van der Waals surface area contributed by atoms with Crippen LogP contribution >= 0.6 is 0 Å². The summed E-state index contributed by atoms with van der Waals surface area (Å²) in [6.45, 7) is 4.97. The van der Waals surface area contributed by atoms with Crippen molar-refractivity contribution in [2.45, 2.75) is 39.2 Å². The van der Waals surface area contributed by atoms with Gasteiger partial charge in [0.05, 0.1) is 12.7 Å². The van der Waals surface area contributed by atoms with E-state index < -0.39 is 0 Å². The summed E-state index contributed by atoms with van der Waals surface area (Å²) in [5, 5.41) is 8.73. The lowest BCUT2D eigenvalue weighted by molar-refractivity contribution is 0.0437. The first kappa shape index (κ1) is 11.3. The Morgan fingerprint density at radius 2 is 2.21 bits per heavy atom. The molecule has 2 heteroatoms. The van der Waals surface area contributed by atoms with Crippen LogP contribution in [-0.4, -0.2) is 12.7 Å². The van der Waals surface area contributed by atoms with Crippen molar-refractivity contribution in [3.63, 3.8) is 0 Å². The zero-order valence-electron chi connectivity index (χ0n) is 9.07. The van der Waals surface area contributed by atoms with Gasteiger partial charge >= 0.3 is 0 Å². The van der Waals surface area contributed by atoms with E-state index in [2.05, 4.69) is 25.1 Å². The van der Waals surface area contributed by atoms with E-state index in [1.165, 1.54) is 0 Å². The van der Waals surface area contributed by atoms with Crippen LogP contribution in [0.5, 0.6) is 0 Å². The minimum Gasteiger partial charge on any atom is -0.363 e. The summed E-state index contributed by atoms with van der Waals surface area (Å²) in [5.41, 5.74) is 0. The number of ether oxygens (including phenoxy) is 1. The molecule has 0 aromatic rings. The number of hydrogen-bond acceptors (Lipinski definition) is 2. The van der Waals surface area contributed by atoms with Gasteiger partial charge in [-0.15, -0.1) is 0 Å². The van der Waals surface area contributed by atoms with Gasteiger partial charge in [-0.25, -0.2) is 0 Å². The molecule has 0 saturated carbocycles.